The van der Waals surface area contributed by atoms with E-state index >= 15 is 0 Å². The molecule has 4 rings (SSSR count). The molecule has 1 aromatic rings. The van der Waals surface area contributed by atoms with Crippen molar-refractivity contribution in [2.75, 3.05) is 24.8 Å². The molecule has 3 aliphatic carbocycles. The molecule has 2 fully saturated rings. The third-order valence-electron chi connectivity index (χ3n) is 7.88. The minimum Gasteiger partial charge on any atom is -0.508 e. The lowest BCUT2D eigenvalue weighted by Crippen LogP contribution is -2.44. The van der Waals surface area contributed by atoms with E-state index < -0.39 is 6.09 Å². The van der Waals surface area contributed by atoms with E-state index in [1.165, 1.54) is 4.90 Å². The van der Waals surface area contributed by atoms with Gasteiger partial charge in [-0.1, -0.05) is 6.92 Å². The van der Waals surface area contributed by atoms with E-state index in [1.807, 2.05) is 6.07 Å². The van der Waals surface area contributed by atoms with Crippen LogP contribution in [-0.4, -0.2) is 52.2 Å². The molecule has 0 unspecified atom stereocenters. The van der Waals surface area contributed by atoms with Crippen LogP contribution in [0.1, 0.15) is 56.1 Å². The number of phenolic OH excluding ortho intramolecular Hbond substituents is 1. The van der Waals surface area contributed by atoms with E-state index in [2.05, 4.69) is 6.92 Å². The van der Waals surface area contributed by atoms with Gasteiger partial charge >= 0.3 is 6.09 Å². The van der Waals surface area contributed by atoms with Gasteiger partial charge in [0.2, 0.25) is 0 Å². The lowest BCUT2D eigenvalue weighted by atomic mass is 9.55. The molecule has 1 aromatic carbocycles. The van der Waals surface area contributed by atoms with Gasteiger partial charge in [0.1, 0.15) is 11.5 Å². The number of fused-ring (bicyclic) bond motifs is 5. The summed E-state index contributed by atoms with van der Waals surface area (Å²) in [6, 6.07) is 3.38. The molecule has 0 spiro atoms. The summed E-state index contributed by atoms with van der Waals surface area (Å²) in [5.41, 5.74) is 2.13. The predicted molar refractivity (Wildman–Crippen MR) is 118 cm³/mol. The van der Waals surface area contributed by atoms with Crippen LogP contribution < -0.4 is 4.74 Å². The minimum atomic E-state index is -0.483. The van der Waals surface area contributed by atoms with Crippen molar-refractivity contribution in [2.45, 2.75) is 57.5 Å². The SMILES string of the molecule is C[C@]12CC[C@@H]3c4c(cc(O)cc4OC(=O)N(CCCl)CCCl)CC[C@H]3[C@@H]1CC[C@H]2O. The van der Waals surface area contributed by atoms with Crippen molar-refractivity contribution in [3.05, 3.63) is 23.3 Å². The number of alkyl halides is 2. The van der Waals surface area contributed by atoms with Gasteiger partial charge in [-0.15, -0.1) is 23.2 Å². The molecule has 2 saturated carbocycles. The molecule has 5 nitrogen and oxygen atoms in total. The first-order valence-electron chi connectivity index (χ1n) is 11.0. The number of carbonyl (C=O) groups excluding carboxylic acids is 1. The van der Waals surface area contributed by atoms with Gasteiger partial charge in [-0.3, -0.25) is 0 Å². The van der Waals surface area contributed by atoms with Crippen molar-refractivity contribution in [3.8, 4) is 11.5 Å². The van der Waals surface area contributed by atoms with Crippen LogP contribution in [0.4, 0.5) is 4.79 Å². The van der Waals surface area contributed by atoms with Crippen molar-refractivity contribution >= 4 is 29.3 Å². The molecule has 0 saturated heterocycles. The van der Waals surface area contributed by atoms with E-state index in [1.54, 1.807) is 6.07 Å². The Hall–Kier alpha value is -1.17. The Labute approximate surface area is 188 Å². The van der Waals surface area contributed by atoms with Crippen LogP contribution >= 0.6 is 23.2 Å². The Morgan fingerprint density at radius 1 is 1.20 bits per heavy atom. The van der Waals surface area contributed by atoms with Crippen molar-refractivity contribution < 1.29 is 19.7 Å². The highest BCUT2D eigenvalue weighted by Crippen LogP contribution is 2.62. The number of rotatable bonds is 5. The number of aliphatic hydroxyl groups is 1. The molecular weight excluding hydrogens is 425 g/mol. The summed E-state index contributed by atoms with van der Waals surface area (Å²) in [6.45, 7) is 2.96. The van der Waals surface area contributed by atoms with Gasteiger partial charge in [-0.2, -0.15) is 0 Å². The van der Waals surface area contributed by atoms with Crippen molar-refractivity contribution in [1.82, 2.24) is 4.90 Å². The van der Waals surface area contributed by atoms with Crippen LogP contribution in [0.3, 0.4) is 0 Å². The number of hydrogen-bond donors (Lipinski definition) is 2. The quantitative estimate of drug-likeness (QED) is 0.620. The average molecular weight is 456 g/mol. The summed E-state index contributed by atoms with van der Waals surface area (Å²) in [7, 11) is 0. The lowest BCUT2D eigenvalue weighted by molar-refractivity contribution is -0.0229. The zero-order chi connectivity index (χ0) is 21.5. The number of carbonyl (C=O) groups is 1. The van der Waals surface area contributed by atoms with E-state index in [-0.39, 0.29) is 23.2 Å². The second kappa shape index (κ2) is 8.76. The molecule has 30 heavy (non-hydrogen) atoms. The summed E-state index contributed by atoms with van der Waals surface area (Å²) in [4.78, 5) is 14.3. The maximum atomic E-state index is 12.8. The highest BCUT2D eigenvalue weighted by molar-refractivity contribution is 6.18. The highest BCUT2D eigenvalue weighted by Gasteiger charge is 2.54. The summed E-state index contributed by atoms with van der Waals surface area (Å²) in [6.07, 6.45) is 5.06. The Morgan fingerprint density at radius 2 is 1.93 bits per heavy atom. The molecule has 0 aromatic heterocycles. The number of phenols is 1. The van der Waals surface area contributed by atoms with Gasteiger partial charge in [0, 0.05) is 36.5 Å². The van der Waals surface area contributed by atoms with Crippen LogP contribution in [0, 0.1) is 17.3 Å². The number of aromatic hydroxyl groups is 1. The van der Waals surface area contributed by atoms with E-state index in [0.29, 0.717) is 42.4 Å². The molecule has 7 heteroatoms. The number of halogens is 2. The molecular formula is C23H31Cl2NO4. The van der Waals surface area contributed by atoms with Crippen LogP contribution in [0.25, 0.3) is 0 Å². The fraction of sp³-hybridized carbons (Fsp3) is 0.696. The topological polar surface area (TPSA) is 70.0 Å². The number of hydrogen-bond acceptors (Lipinski definition) is 4. The number of nitrogens with zero attached hydrogens (tertiary/aromatic N) is 1. The van der Waals surface area contributed by atoms with E-state index in [9.17, 15) is 15.0 Å². The van der Waals surface area contributed by atoms with Crippen molar-refractivity contribution in [3.63, 3.8) is 0 Å². The van der Waals surface area contributed by atoms with Gasteiger partial charge in [0.05, 0.1) is 6.10 Å². The van der Waals surface area contributed by atoms with Crippen LogP contribution in [0.5, 0.6) is 11.5 Å². The summed E-state index contributed by atoms with van der Waals surface area (Å²) in [5, 5.41) is 20.9. The van der Waals surface area contributed by atoms with E-state index in [4.69, 9.17) is 27.9 Å². The Balaban J connectivity index is 1.65. The van der Waals surface area contributed by atoms with Crippen LogP contribution in [0.2, 0.25) is 0 Å². The predicted octanol–water partition coefficient (Wildman–Crippen LogP) is 4.89. The third kappa shape index (κ3) is 3.78. The molecule has 0 heterocycles. The van der Waals surface area contributed by atoms with Gasteiger partial charge in [-0.25, -0.2) is 4.79 Å². The maximum Gasteiger partial charge on any atom is 0.415 e. The number of amides is 1. The Bertz CT molecular complexity index is 798. The number of benzene rings is 1. The standard InChI is InChI=1S/C23H31Cl2NO4/c1-23-7-6-17-16(18(23)4-5-20(23)28)3-2-14-12-15(27)13-19(21(14)17)30-22(29)26(10-8-24)11-9-25/h12-13,16-18,20,27-28H,2-11H2,1H3/t16-,17+,18+,20-,23+/m1/s1. The van der Waals surface area contributed by atoms with E-state index in [0.717, 1.165) is 49.7 Å². The van der Waals surface area contributed by atoms with Crippen molar-refractivity contribution in [1.29, 1.82) is 0 Å². The van der Waals surface area contributed by atoms with Gasteiger partial charge in [0.25, 0.3) is 0 Å². The summed E-state index contributed by atoms with van der Waals surface area (Å²) >= 11 is 11.7. The zero-order valence-corrected chi connectivity index (χ0v) is 19.0. The summed E-state index contributed by atoms with van der Waals surface area (Å²) < 4.78 is 5.83. The second-order valence-corrected chi connectivity index (χ2v) is 10.1. The number of aryl methyl sites for hydroxylation is 1. The third-order valence-corrected chi connectivity index (χ3v) is 8.22. The molecule has 5 atom stereocenters. The maximum absolute atomic E-state index is 12.8. The van der Waals surface area contributed by atoms with Gasteiger partial charge in [0.15, 0.2) is 0 Å². The fourth-order valence-electron chi connectivity index (χ4n) is 6.38. The lowest BCUT2D eigenvalue weighted by Gasteiger charge is -2.50. The summed E-state index contributed by atoms with van der Waals surface area (Å²) in [5.74, 6) is 2.43. The molecule has 1 amide bonds. The molecule has 166 valence electrons. The van der Waals surface area contributed by atoms with Gasteiger partial charge in [-0.05, 0) is 73.3 Å². The monoisotopic (exact) mass is 455 g/mol. The second-order valence-electron chi connectivity index (χ2n) is 9.30. The normalized spacial score (nSPS) is 32.1. The fourth-order valence-corrected chi connectivity index (χ4v) is 6.79. The Kier molecular flexibility index (Phi) is 6.43. The molecule has 2 N–H and O–H groups in total. The molecule has 0 bridgehead atoms. The highest BCUT2D eigenvalue weighted by atomic mass is 35.5. The molecule has 3 aliphatic rings. The van der Waals surface area contributed by atoms with Gasteiger partial charge < -0.3 is 19.8 Å². The zero-order valence-electron chi connectivity index (χ0n) is 17.4. The smallest absolute Gasteiger partial charge is 0.415 e. The molecule has 0 aliphatic heterocycles. The first-order chi connectivity index (χ1) is 14.4. The van der Waals surface area contributed by atoms with Crippen LogP contribution in [-0.2, 0) is 6.42 Å². The van der Waals surface area contributed by atoms with Crippen LogP contribution in [0.15, 0.2) is 12.1 Å². The Morgan fingerprint density at radius 3 is 2.63 bits per heavy atom. The first-order valence-corrected chi connectivity index (χ1v) is 12.1. The minimum absolute atomic E-state index is 0.01000. The number of aliphatic hydroxyl groups excluding tert-OH is 1. The first kappa shape index (κ1) is 22.0. The average Bonchev–Trinajstić information content (AvgIpc) is 3.02. The number of ether oxygens (including phenoxy) is 1. The largest absolute Gasteiger partial charge is 0.508 e. The molecule has 0 radical (unpaired) electrons. The van der Waals surface area contributed by atoms with Crippen molar-refractivity contribution in [2.24, 2.45) is 17.3 Å².